The Balaban J connectivity index is 1.66. The van der Waals surface area contributed by atoms with Crippen LogP contribution in [0.2, 0.25) is 0 Å². The van der Waals surface area contributed by atoms with E-state index in [1.165, 1.54) is 0 Å². The molecule has 0 aliphatic carbocycles. The van der Waals surface area contributed by atoms with E-state index in [9.17, 15) is 9.59 Å². The molecule has 0 N–H and O–H groups in total. The maximum atomic E-state index is 12.6. The van der Waals surface area contributed by atoms with Crippen LogP contribution in [0.1, 0.15) is 0 Å². The van der Waals surface area contributed by atoms with E-state index in [4.69, 9.17) is 25.9 Å². The summed E-state index contributed by atoms with van der Waals surface area (Å²) in [5, 5.41) is 0.714. The lowest BCUT2D eigenvalue weighted by molar-refractivity contribution is 0.138. The van der Waals surface area contributed by atoms with Crippen molar-refractivity contribution < 1.29 is 23.9 Å². The second-order valence-corrected chi connectivity index (χ2v) is 7.41. The number of ether oxygens (including phenoxy) is 2. The molecular weight excluding hydrogens is 442 g/mol. The van der Waals surface area contributed by atoms with Crippen molar-refractivity contribution in [3.63, 3.8) is 0 Å². The number of amides is 1. The first-order valence-electron chi connectivity index (χ1n) is 8.88. The summed E-state index contributed by atoms with van der Waals surface area (Å²) in [6, 6.07) is 15.7. The van der Waals surface area contributed by atoms with Crippen LogP contribution in [-0.2, 0) is 4.84 Å². The highest BCUT2D eigenvalue weighted by Crippen LogP contribution is 2.33. The van der Waals surface area contributed by atoms with Crippen LogP contribution in [-0.4, -0.2) is 28.6 Å². The van der Waals surface area contributed by atoms with Gasteiger partial charge in [-0.2, -0.15) is 0 Å². The molecule has 0 unspecified atom stereocenters. The smallest absolute Gasteiger partial charge is 0.456 e. The van der Waals surface area contributed by atoms with Crippen molar-refractivity contribution in [1.82, 2.24) is 9.97 Å². The van der Waals surface area contributed by atoms with Crippen molar-refractivity contribution in [1.29, 1.82) is 0 Å². The lowest BCUT2D eigenvalue weighted by Crippen LogP contribution is -2.34. The first-order chi connectivity index (χ1) is 15.0. The summed E-state index contributed by atoms with van der Waals surface area (Å²) in [5.41, 5.74) is 1.13. The van der Waals surface area contributed by atoms with Gasteiger partial charge in [0.15, 0.2) is 0 Å². The summed E-state index contributed by atoms with van der Waals surface area (Å²) >= 11 is 6.48. The third kappa shape index (κ3) is 4.73. The van der Waals surface area contributed by atoms with Crippen LogP contribution in [0.3, 0.4) is 0 Å². The summed E-state index contributed by atoms with van der Waals surface area (Å²) in [4.78, 5) is 37.3. The van der Waals surface area contributed by atoms with Gasteiger partial charge in [-0.3, -0.25) is 4.98 Å². The predicted molar refractivity (Wildman–Crippen MR) is 117 cm³/mol. The SMILES string of the molecule is COc1cncc(-c2ccc3nc(N(OC(=O)Cl)C(=O)Oc4ccccc4)sc3c2)c1. The number of hydrogen-bond acceptors (Lipinski definition) is 8. The number of fused-ring (bicyclic) bond motifs is 1. The van der Waals surface area contributed by atoms with Gasteiger partial charge >= 0.3 is 11.5 Å². The number of para-hydroxylation sites is 1. The molecule has 0 radical (unpaired) electrons. The summed E-state index contributed by atoms with van der Waals surface area (Å²) in [5.74, 6) is 0.906. The molecule has 2 heterocycles. The van der Waals surface area contributed by atoms with Crippen molar-refractivity contribution in [2.75, 3.05) is 12.2 Å². The van der Waals surface area contributed by atoms with Crippen LogP contribution >= 0.6 is 22.9 Å². The lowest BCUT2D eigenvalue weighted by Gasteiger charge is -2.15. The number of thiazole rings is 1. The molecule has 0 saturated heterocycles. The topological polar surface area (TPSA) is 90.9 Å². The maximum absolute atomic E-state index is 12.6. The Kier molecular flexibility index (Phi) is 5.96. The summed E-state index contributed by atoms with van der Waals surface area (Å²) in [6.45, 7) is 0. The monoisotopic (exact) mass is 455 g/mol. The quantitative estimate of drug-likeness (QED) is 0.289. The van der Waals surface area contributed by atoms with Crippen molar-refractivity contribution in [2.45, 2.75) is 0 Å². The van der Waals surface area contributed by atoms with Crippen molar-refractivity contribution >= 4 is 49.8 Å². The van der Waals surface area contributed by atoms with Gasteiger partial charge in [0, 0.05) is 23.4 Å². The van der Waals surface area contributed by atoms with Crippen LogP contribution in [0, 0.1) is 0 Å². The van der Waals surface area contributed by atoms with Crippen molar-refractivity contribution in [3.05, 3.63) is 67.0 Å². The number of hydroxylamine groups is 1. The Hall–Kier alpha value is -3.69. The van der Waals surface area contributed by atoms with Crippen molar-refractivity contribution in [2.24, 2.45) is 0 Å². The molecule has 0 spiro atoms. The first kappa shape index (κ1) is 20.6. The largest absolute Gasteiger partial charge is 0.495 e. The number of aromatic nitrogens is 2. The number of carbonyl (C=O) groups excluding carboxylic acids is 2. The van der Waals surface area contributed by atoms with Gasteiger partial charge in [-0.25, -0.2) is 14.6 Å². The van der Waals surface area contributed by atoms with Gasteiger partial charge in [0.2, 0.25) is 5.13 Å². The molecule has 10 heteroatoms. The van der Waals surface area contributed by atoms with E-state index in [1.54, 1.807) is 55.9 Å². The number of carbonyl (C=O) groups is 2. The molecule has 0 fully saturated rings. The molecule has 0 atom stereocenters. The van der Waals surface area contributed by atoms with E-state index >= 15 is 0 Å². The maximum Gasteiger partial charge on any atom is 0.456 e. The minimum absolute atomic E-state index is 0.0887. The number of benzene rings is 2. The first-order valence-corrected chi connectivity index (χ1v) is 10.1. The second kappa shape index (κ2) is 8.99. The fraction of sp³-hybridized carbons (Fsp3) is 0.0476. The van der Waals surface area contributed by atoms with Gasteiger partial charge < -0.3 is 14.3 Å². The molecule has 156 valence electrons. The molecule has 1 amide bonds. The number of nitrogens with zero attached hydrogens (tertiary/aromatic N) is 3. The molecule has 8 nitrogen and oxygen atoms in total. The molecule has 31 heavy (non-hydrogen) atoms. The van der Waals surface area contributed by atoms with Gasteiger partial charge in [-0.05, 0) is 35.9 Å². The van der Waals surface area contributed by atoms with E-state index in [0.29, 0.717) is 16.3 Å². The Morgan fingerprint density at radius 3 is 2.55 bits per heavy atom. The Morgan fingerprint density at radius 1 is 1.00 bits per heavy atom. The number of methoxy groups -OCH3 is 1. The molecule has 0 bridgehead atoms. The number of anilines is 1. The molecule has 2 aromatic carbocycles. The minimum Gasteiger partial charge on any atom is -0.495 e. The predicted octanol–water partition coefficient (Wildman–Crippen LogP) is 5.66. The molecule has 0 aliphatic rings. The van der Waals surface area contributed by atoms with E-state index in [-0.39, 0.29) is 10.9 Å². The summed E-state index contributed by atoms with van der Waals surface area (Å²) in [7, 11) is 1.57. The average Bonchev–Trinajstić information content (AvgIpc) is 3.21. The number of hydrogen-bond donors (Lipinski definition) is 0. The average molecular weight is 456 g/mol. The third-order valence-corrected chi connectivity index (χ3v) is 5.17. The highest BCUT2D eigenvalue weighted by Gasteiger charge is 2.26. The Bertz CT molecular complexity index is 1250. The number of halogens is 1. The van der Waals surface area contributed by atoms with Crippen LogP contribution in [0.5, 0.6) is 11.5 Å². The van der Waals surface area contributed by atoms with Crippen molar-refractivity contribution in [3.8, 4) is 22.6 Å². The Morgan fingerprint density at radius 2 is 1.81 bits per heavy atom. The third-order valence-electron chi connectivity index (χ3n) is 4.11. The fourth-order valence-electron chi connectivity index (χ4n) is 2.72. The molecule has 0 saturated carbocycles. The zero-order valence-corrected chi connectivity index (χ0v) is 17.6. The van der Waals surface area contributed by atoms with E-state index < -0.39 is 11.5 Å². The zero-order valence-electron chi connectivity index (χ0n) is 16.0. The Labute approximate surface area is 185 Å². The fourth-order valence-corrected chi connectivity index (χ4v) is 3.73. The van der Waals surface area contributed by atoms with E-state index in [0.717, 1.165) is 27.2 Å². The molecule has 4 aromatic rings. The van der Waals surface area contributed by atoms with Gasteiger partial charge in [0.25, 0.3) is 0 Å². The highest BCUT2D eigenvalue weighted by molar-refractivity contribution is 7.22. The summed E-state index contributed by atoms with van der Waals surface area (Å²) < 4.78 is 11.2. The van der Waals surface area contributed by atoms with E-state index in [1.807, 2.05) is 18.2 Å². The normalized spacial score (nSPS) is 10.5. The van der Waals surface area contributed by atoms with Crippen LogP contribution in [0.25, 0.3) is 21.3 Å². The molecule has 4 rings (SSSR count). The summed E-state index contributed by atoms with van der Waals surface area (Å²) in [6.07, 6.45) is 2.37. The number of rotatable bonds is 4. The van der Waals surface area contributed by atoms with Crippen LogP contribution < -0.4 is 14.5 Å². The molecule has 2 aromatic heterocycles. The minimum atomic E-state index is -1.20. The van der Waals surface area contributed by atoms with Crippen LogP contribution in [0.15, 0.2) is 67.0 Å². The van der Waals surface area contributed by atoms with Gasteiger partial charge in [-0.15, -0.1) is 0 Å². The molecular formula is C21H14ClN3O5S. The molecule has 0 aliphatic heterocycles. The van der Waals surface area contributed by atoms with Gasteiger partial charge in [-0.1, -0.05) is 40.7 Å². The standard InChI is InChI=1S/C21H14ClN3O5S/c1-28-16-9-14(11-23-12-16)13-7-8-17-18(10-13)31-20(24-17)25(30-19(22)26)21(27)29-15-5-3-2-4-6-15/h2-12H,1H3. The van der Waals surface area contributed by atoms with E-state index in [2.05, 4.69) is 9.97 Å². The second-order valence-electron chi connectivity index (χ2n) is 6.10. The van der Waals surface area contributed by atoms with Gasteiger partial charge in [0.1, 0.15) is 11.5 Å². The zero-order chi connectivity index (χ0) is 21.8. The lowest BCUT2D eigenvalue weighted by atomic mass is 10.1. The van der Waals surface area contributed by atoms with Gasteiger partial charge in [0.05, 0.1) is 23.5 Å². The van der Waals surface area contributed by atoms with Crippen LogP contribution in [0.4, 0.5) is 14.7 Å². The number of pyridine rings is 1. The highest BCUT2D eigenvalue weighted by atomic mass is 35.5.